The maximum atomic E-state index is 12.4. The van der Waals surface area contributed by atoms with Gasteiger partial charge in [0.2, 0.25) is 5.91 Å². The van der Waals surface area contributed by atoms with Crippen molar-refractivity contribution in [3.8, 4) is 0 Å². The second-order valence-corrected chi connectivity index (χ2v) is 4.89. The average molecular weight is 320 g/mol. The van der Waals surface area contributed by atoms with Crippen LogP contribution >= 0.6 is 0 Å². The fraction of sp³-hybridized carbons (Fsp3) is 0.333. The van der Waals surface area contributed by atoms with Gasteiger partial charge >= 0.3 is 11.9 Å². The van der Waals surface area contributed by atoms with Crippen molar-refractivity contribution in [3.05, 3.63) is 35.9 Å². The molecule has 1 fully saturated rings. The first kappa shape index (κ1) is 16.6. The molecule has 3 N–H and O–H groups in total. The first-order chi connectivity index (χ1) is 10.9. The van der Waals surface area contributed by atoms with E-state index in [0.717, 1.165) is 0 Å². The summed E-state index contributed by atoms with van der Waals surface area (Å²) < 4.78 is 9.80. The number of benzene rings is 1. The third-order valence-corrected chi connectivity index (χ3v) is 3.48. The standard InChI is InChI=1S/C15H16N2O6/c1-2-22-13(20)15(10(16)11(18)17-12(15)19)14(21)23-8-9-6-4-3-5-7-9/h3-7,10H,2,8,16H2,1H3,(H,17,18,19). The zero-order valence-corrected chi connectivity index (χ0v) is 12.4. The summed E-state index contributed by atoms with van der Waals surface area (Å²) in [7, 11) is 0. The molecule has 122 valence electrons. The maximum Gasteiger partial charge on any atom is 0.335 e. The highest BCUT2D eigenvalue weighted by Crippen LogP contribution is 2.31. The number of esters is 2. The molecule has 1 heterocycles. The number of ether oxygens (including phenoxy) is 2. The van der Waals surface area contributed by atoms with Crippen LogP contribution in [0.3, 0.4) is 0 Å². The molecule has 1 aromatic rings. The van der Waals surface area contributed by atoms with Crippen LogP contribution in [0.15, 0.2) is 30.3 Å². The molecule has 0 radical (unpaired) electrons. The summed E-state index contributed by atoms with van der Waals surface area (Å²) in [6, 6.07) is 6.96. The van der Waals surface area contributed by atoms with Crippen molar-refractivity contribution >= 4 is 23.8 Å². The number of hydrogen-bond donors (Lipinski definition) is 2. The topological polar surface area (TPSA) is 125 Å². The fourth-order valence-corrected chi connectivity index (χ4v) is 2.23. The summed E-state index contributed by atoms with van der Waals surface area (Å²) in [5.74, 6) is -4.48. The summed E-state index contributed by atoms with van der Waals surface area (Å²) in [6.45, 7) is 1.25. The van der Waals surface area contributed by atoms with E-state index in [1.54, 1.807) is 30.3 Å². The molecule has 2 unspecified atom stereocenters. The van der Waals surface area contributed by atoms with Crippen molar-refractivity contribution in [3.63, 3.8) is 0 Å². The molecule has 0 bridgehead atoms. The van der Waals surface area contributed by atoms with Crippen LogP contribution in [0.5, 0.6) is 0 Å². The number of nitrogens with two attached hydrogens (primary N) is 1. The molecule has 8 nitrogen and oxygen atoms in total. The summed E-state index contributed by atoms with van der Waals surface area (Å²) >= 11 is 0. The molecule has 0 saturated carbocycles. The fourth-order valence-electron chi connectivity index (χ4n) is 2.23. The summed E-state index contributed by atoms with van der Waals surface area (Å²) in [5, 5.41) is 1.87. The van der Waals surface area contributed by atoms with Crippen LogP contribution in [-0.2, 0) is 35.3 Å². The molecule has 0 spiro atoms. The predicted octanol–water partition coefficient (Wildman–Crippen LogP) is -0.737. The number of carbonyl (C=O) groups excluding carboxylic acids is 4. The van der Waals surface area contributed by atoms with E-state index in [1.165, 1.54) is 6.92 Å². The highest BCUT2D eigenvalue weighted by Gasteiger charge is 2.67. The number of nitrogens with one attached hydrogen (secondary N) is 1. The highest BCUT2D eigenvalue weighted by molar-refractivity contribution is 6.30. The van der Waals surface area contributed by atoms with Crippen LogP contribution in [0.1, 0.15) is 12.5 Å². The van der Waals surface area contributed by atoms with Crippen LogP contribution in [0, 0.1) is 5.41 Å². The zero-order valence-electron chi connectivity index (χ0n) is 12.4. The molecule has 1 aliphatic heterocycles. The van der Waals surface area contributed by atoms with Crippen LogP contribution in [0.25, 0.3) is 0 Å². The number of amides is 2. The lowest BCUT2D eigenvalue weighted by Crippen LogP contribution is -2.57. The number of carbonyl (C=O) groups is 4. The molecule has 1 aromatic carbocycles. The first-order valence-electron chi connectivity index (χ1n) is 6.93. The number of rotatable bonds is 5. The summed E-state index contributed by atoms with van der Waals surface area (Å²) in [5.41, 5.74) is 3.75. The van der Waals surface area contributed by atoms with Gasteiger partial charge in [0.25, 0.3) is 11.3 Å². The molecule has 1 saturated heterocycles. The Kier molecular flexibility index (Phi) is 4.75. The Morgan fingerprint density at radius 3 is 2.30 bits per heavy atom. The Morgan fingerprint density at radius 1 is 1.17 bits per heavy atom. The smallest absolute Gasteiger partial charge is 0.335 e. The monoisotopic (exact) mass is 320 g/mol. The number of imide groups is 1. The minimum atomic E-state index is -2.51. The van der Waals surface area contributed by atoms with Gasteiger partial charge in [0.15, 0.2) is 0 Å². The van der Waals surface area contributed by atoms with Crippen molar-refractivity contribution in [1.29, 1.82) is 0 Å². The van der Waals surface area contributed by atoms with Gasteiger partial charge in [-0.05, 0) is 12.5 Å². The summed E-state index contributed by atoms with van der Waals surface area (Å²) in [6.07, 6.45) is 0. The molecule has 2 atom stereocenters. The van der Waals surface area contributed by atoms with Gasteiger partial charge in [0.05, 0.1) is 6.61 Å². The highest BCUT2D eigenvalue weighted by atomic mass is 16.6. The Labute approximate surface area is 131 Å². The van der Waals surface area contributed by atoms with Crippen LogP contribution in [0.2, 0.25) is 0 Å². The van der Waals surface area contributed by atoms with Gasteiger partial charge in [-0.3, -0.25) is 24.5 Å². The lowest BCUT2D eigenvalue weighted by Gasteiger charge is -2.24. The van der Waals surface area contributed by atoms with Crippen molar-refractivity contribution in [2.24, 2.45) is 11.1 Å². The Morgan fingerprint density at radius 2 is 1.78 bits per heavy atom. The molecule has 1 aliphatic rings. The Balaban J connectivity index is 2.27. The molecule has 0 aromatic heterocycles. The van der Waals surface area contributed by atoms with Gasteiger partial charge in [-0.2, -0.15) is 0 Å². The summed E-state index contributed by atoms with van der Waals surface area (Å²) in [4.78, 5) is 48.3. The minimum absolute atomic E-state index is 0.0826. The van der Waals surface area contributed by atoms with Crippen molar-refractivity contribution in [1.82, 2.24) is 5.32 Å². The third-order valence-electron chi connectivity index (χ3n) is 3.48. The number of hydrogen-bond acceptors (Lipinski definition) is 7. The zero-order chi connectivity index (χ0) is 17.0. The average Bonchev–Trinajstić information content (AvgIpc) is 2.77. The SMILES string of the molecule is CCOC(=O)C1(C(=O)OCc2ccccc2)C(=O)NC(=O)C1N. The largest absolute Gasteiger partial charge is 0.465 e. The molecule has 0 aliphatic carbocycles. The molecule has 23 heavy (non-hydrogen) atoms. The molecular weight excluding hydrogens is 304 g/mol. The first-order valence-corrected chi connectivity index (χ1v) is 6.93. The molecular formula is C15H16N2O6. The second-order valence-electron chi connectivity index (χ2n) is 4.89. The van der Waals surface area contributed by atoms with E-state index in [-0.39, 0.29) is 13.2 Å². The van der Waals surface area contributed by atoms with Gasteiger partial charge in [-0.25, -0.2) is 0 Å². The second kappa shape index (κ2) is 6.57. The predicted molar refractivity (Wildman–Crippen MR) is 76.4 cm³/mol. The van der Waals surface area contributed by atoms with E-state index in [0.29, 0.717) is 5.56 Å². The van der Waals surface area contributed by atoms with E-state index in [4.69, 9.17) is 15.2 Å². The van der Waals surface area contributed by atoms with Crippen molar-refractivity contribution in [2.45, 2.75) is 19.6 Å². The van der Waals surface area contributed by atoms with Gasteiger partial charge in [-0.1, -0.05) is 30.3 Å². The van der Waals surface area contributed by atoms with Crippen LogP contribution in [0.4, 0.5) is 0 Å². The van der Waals surface area contributed by atoms with Crippen molar-refractivity contribution in [2.75, 3.05) is 6.61 Å². The Hall–Kier alpha value is -2.74. The van der Waals surface area contributed by atoms with Crippen LogP contribution < -0.4 is 11.1 Å². The van der Waals surface area contributed by atoms with Gasteiger partial charge < -0.3 is 15.2 Å². The van der Waals surface area contributed by atoms with Crippen LogP contribution in [-0.4, -0.2) is 36.4 Å². The van der Waals surface area contributed by atoms with Gasteiger partial charge in [-0.15, -0.1) is 0 Å². The normalized spacial score (nSPS) is 23.3. The van der Waals surface area contributed by atoms with E-state index in [1.807, 2.05) is 5.32 Å². The molecule has 2 rings (SSSR count). The van der Waals surface area contributed by atoms with E-state index in [2.05, 4.69) is 0 Å². The van der Waals surface area contributed by atoms with Gasteiger partial charge in [0.1, 0.15) is 12.6 Å². The van der Waals surface area contributed by atoms with E-state index in [9.17, 15) is 19.2 Å². The Bertz CT molecular complexity index is 645. The molecule has 8 heteroatoms. The lowest BCUT2D eigenvalue weighted by molar-refractivity contribution is -0.176. The van der Waals surface area contributed by atoms with E-state index < -0.39 is 35.2 Å². The lowest BCUT2D eigenvalue weighted by atomic mass is 9.82. The third kappa shape index (κ3) is 2.80. The van der Waals surface area contributed by atoms with Gasteiger partial charge in [0, 0.05) is 0 Å². The minimum Gasteiger partial charge on any atom is -0.465 e. The van der Waals surface area contributed by atoms with Crippen molar-refractivity contribution < 1.29 is 28.7 Å². The van der Waals surface area contributed by atoms with E-state index >= 15 is 0 Å². The maximum absolute atomic E-state index is 12.4. The quantitative estimate of drug-likeness (QED) is 0.416. The molecule has 2 amide bonds.